The Labute approximate surface area is 235 Å². The summed E-state index contributed by atoms with van der Waals surface area (Å²) in [4.78, 5) is 13.6. The first-order valence-corrected chi connectivity index (χ1v) is 13.2. The molecule has 40 heavy (non-hydrogen) atoms. The number of phenols is 1. The molecule has 4 heteroatoms. The number of aryl methyl sites for hydroxylation is 2. The first-order chi connectivity index (χ1) is 19.4. The van der Waals surface area contributed by atoms with E-state index in [2.05, 4.69) is 97.6 Å². The van der Waals surface area contributed by atoms with Crippen molar-refractivity contribution in [3.05, 3.63) is 149 Å². The third-order valence-corrected chi connectivity index (χ3v) is 6.65. The molecule has 0 spiro atoms. The molecule has 198 valence electrons. The molecule has 1 N–H and O–H groups in total. The largest absolute Gasteiger partial charge is 0.508 e. The summed E-state index contributed by atoms with van der Waals surface area (Å²) >= 11 is 0. The number of carbonyl (C=O) groups is 1. The Bertz CT molecular complexity index is 1570. The van der Waals surface area contributed by atoms with E-state index in [0.29, 0.717) is 5.75 Å². The van der Waals surface area contributed by atoms with Crippen LogP contribution in [0.15, 0.2) is 121 Å². The molecule has 0 unspecified atom stereocenters. The van der Waals surface area contributed by atoms with Gasteiger partial charge in [0.05, 0.1) is 0 Å². The highest BCUT2D eigenvalue weighted by Gasteiger charge is 2.13. The SMILES string of the molecule is CC(=O)Oc1ccc(C(=Cc2ccc(N(c3ccc(C)cc3)c3ccc(C)cc3)cc2)c2ccc(O)cc2)cc1. The number of ether oxygens (including phenoxy) is 1. The van der Waals surface area contributed by atoms with Crippen LogP contribution in [0, 0.1) is 13.8 Å². The van der Waals surface area contributed by atoms with Crippen LogP contribution in [0.4, 0.5) is 17.1 Å². The van der Waals surface area contributed by atoms with Crippen LogP contribution >= 0.6 is 0 Å². The third kappa shape index (κ3) is 6.30. The van der Waals surface area contributed by atoms with Gasteiger partial charge < -0.3 is 14.7 Å². The average molecular weight is 526 g/mol. The fourth-order valence-electron chi connectivity index (χ4n) is 4.56. The van der Waals surface area contributed by atoms with Crippen LogP contribution in [-0.2, 0) is 4.79 Å². The number of rotatable bonds is 7. The van der Waals surface area contributed by atoms with E-state index in [1.807, 2.05) is 24.3 Å². The Morgan fingerprint density at radius 1 is 0.625 bits per heavy atom. The van der Waals surface area contributed by atoms with Crippen LogP contribution in [-0.4, -0.2) is 11.1 Å². The first kappa shape index (κ1) is 26.5. The molecule has 0 saturated carbocycles. The van der Waals surface area contributed by atoms with Crippen molar-refractivity contribution in [2.45, 2.75) is 20.8 Å². The smallest absolute Gasteiger partial charge is 0.308 e. The maximum Gasteiger partial charge on any atom is 0.308 e. The molecule has 5 rings (SSSR count). The lowest BCUT2D eigenvalue weighted by Gasteiger charge is -2.26. The molecule has 0 aliphatic rings. The number of hydrogen-bond donors (Lipinski definition) is 1. The first-order valence-electron chi connectivity index (χ1n) is 13.2. The van der Waals surface area contributed by atoms with Gasteiger partial charge in [-0.05, 0) is 103 Å². The number of phenolic OH excluding ortho intramolecular Hbond substituents is 1. The zero-order valence-corrected chi connectivity index (χ0v) is 22.8. The minimum atomic E-state index is -0.354. The van der Waals surface area contributed by atoms with Crippen molar-refractivity contribution in [1.29, 1.82) is 0 Å². The lowest BCUT2D eigenvalue weighted by Crippen LogP contribution is -2.09. The Balaban J connectivity index is 1.53. The molecule has 4 nitrogen and oxygen atoms in total. The van der Waals surface area contributed by atoms with Gasteiger partial charge in [-0.1, -0.05) is 71.8 Å². The quantitative estimate of drug-likeness (QED) is 0.131. The predicted molar refractivity (Wildman–Crippen MR) is 163 cm³/mol. The summed E-state index contributed by atoms with van der Waals surface area (Å²) in [5.74, 6) is 0.357. The molecule has 0 aromatic heterocycles. The highest BCUT2D eigenvalue weighted by molar-refractivity contribution is 5.92. The molecular formula is C36H31NO3. The summed E-state index contributed by atoms with van der Waals surface area (Å²) in [5, 5.41) is 9.85. The summed E-state index contributed by atoms with van der Waals surface area (Å²) in [5.41, 5.74) is 9.62. The van der Waals surface area contributed by atoms with Crippen LogP contribution < -0.4 is 9.64 Å². The monoisotopic (exact) mass is 525 g/mol. The van der Waals surface area contributed by atoms with Crippen molar-refractivity contribution in [3.8, 4) is 11.5 Å². The van der Waals surface area contributed by atoms with Crippen molar-refractivity contribution >= 4 is 34.7 Å². The number of anilines is 3. The Hall–Kier alpha value is -5.09. The van der Waals surface area contributed by atoms with E-state index in [4.69, 9.17) is 4.74 Å². The predicted octanol–water partition coefficient (Wildman–Crippen LogP) is 8.99. The molecule has 0 fully saturated rings. The second kappa shape index (κ2) is 11.7. The molecular weight excluding hydrogens is 494 g/mol. The number of carbonyl (C=O) groups excluding carboxylic acids is 1. The van der Waals surface area contributed by atoms with E-state index in [1.165, 1.54) is 18.1 Å². The van der Waals surface area contributed by atoms with Gasteiger partial charge in [0.2, 0.25) is 0 Å². The van der Waals surface area contributed by atoms with Crippen molar-refractivity contribution in [3.63, 3.8) is 0 Å². The standard InChI is InChI=1S/C36H31NO3/c1-25-4-14-31(15-5-25)37(32-16-6-26(2)7-17-32)33-18-8-28(9-19-33)24-36(29-10-20-34(39)21-11-29)30-12-22-35(23-13-30)40-27(3)38/h4-24,39H,1-3H3. The van der Waals surface area contributed by atoms with E-state index >= 15 is 0 Å². The molecule has 0 atom stereocenters. The highest BCUT2D eigenvalue weighted by atomic mass is 16.5. The van der Waals surface area contributed by atoms with Crippen molar-refractivity contribution in [2.75, 3.05) is 4.90 Å². The van der Waals surface area contributed by atoms with Gasteiger partial charge in [-0.25, -0.2) is 0 Å². The van der Waals surface area contributed by atoms with Crippen molar-refractivity contribution < 1.29 is 14.6 Å². The molecule has 0 aliphatic heterocycles. The maximum absolute atomic E-state index is 11.4. The van der Waals surface area contributed by atoms with Crippen LogP contribution in [0.1, 0.15) is 34.7 Å². The molecule has 0 bridgehead atoms. The third-order valence-electron chi connectivity index (χ3n) is 6.65. The molecule has 0 amide bonds. The second-order valence-corrected chi connectivity index (χ2v) is 9.82. The molecule has 0 saturated heterocycles. The minimum Gasteiger partial charge on any atom is -0.508 e. The maximum atomic E-state index is 11.4. The molecule has 5 aromatic carbocycles. The fourth-order valence-corrected chi connectivity index (χ4v) is 4.56. The van der Waals surface area contributed by atoms with Gasteiger partial charge in [0, 0.05) is 24.0 Å². The number of esters is 1. The van der Waals surface area contributed by atoms with Gasteiger partial charge in [-0.2, -0.15) is 0 Å². The topological polar surface area (TPSA) is 49.8 Å². The second-order valence-electron chi connectivity index (χ2n) is 9.82. The average Bonchev–Trinajstić information content (AvgIpc) is 2.95. The Morgan fingerprint density at radius 2 is 1.05 bits per heavy atom. The fraction of sp³-hybridized carbons (Fsp3) is 0.0833. The number of benzene rings is 5. The van der Waals surface area contributed by atoms with E-state index < -0.39 is 0 Å². The molecule has 5 aromatic rings. The Kier molecular flexibility index (Phi) is 7.79. The van der Waals surface area contributed by atoms with E-state index in [9.17, 15) is 9.90 Å². The molecule has 0 heterocycles. The van der Waals surface area contributed by atoms with E-state index in [1.54, 1.807) is 24.3 Å². The zero-order valence-electron chi connectivity index (χ0n) is 22.8. The van der Waals surface area contributed by atoms with Crippen LogP contribution in [0.3, 0.4) is 0 Å². The summed E-state index contributed by atoms with van der Waals surface area (Å²) in [6.07, 6.45) is 2.12. The Morgan fingerprint density at radius 3 is 1.50 bits per heavy atom. The van der Waals surface area contributed by atoms with Gasteiger partial charge >= 0.3 is 5.97 Å². The van der Waals surface area contributed by atoms with Crippen molar-refractivity contribution in [1.82, 2.24) is 0 Å². The number of aromatic hydroxyl groups is 1. The van der Waals surface area contributed by atoms with Gasteiger partial charge in [0.25, 0.3) is 0 Å². The number of nitrogens with zero attached hydrogens (tertiary/aromatic N) is 1. The molecule has 0 aliphatic carbocycles. The van der Waals surface area contributed by atoms with Crippen LogP contribution in [0.5, 0.6) is 11.5 Å². The van der Waals surface area contributed by atoms with Crippen LogP contribution in [0.2, 0.25) is 0 Å². The number of hydrogen-bond acceptors (Lipinski definition) is 4. The van der Waals surface area contributed by atoms with Gasteiger partial charge in [0.1, 0.15) is 11.5 Å². The summed E-state index contributed by atoms with van der Waals surface area (Å²) in [7, 11) is 0. The van der Waals surface area contributed by atoms with E-state index in [-0.39, 0.29) is 11.7 Å². The lowest BCUT2D eigenvalue weighted by atomic mass is 9.95. The summed E-state index contributed by atoms with van der Waals surface area (Å²) < 4.78 is 5.21. The zero-order chi connectivity index (χ0) is 28.1. The summed E-state index contributed by atoms with van der Waals surface area (Å²) in [6, 6.07) is 40.2. The van der Waals surface area contributed by atoms with Crippen LogP contribution in [0.25, 0.3) is 11.6 Å². The molecule has 0 radical (unpaired) electrons. The van der Waals surface area contributed by atoms with Crippen molar-refractivity contribution in [2.24, 2.45) is 0 Å². The van der Waals surface area contributed by atoms with Gasteiger partial charge in [0.15, 0.2) is 0 Å². The minimum absolute atomic E-state index is 0.213. The summed E-state index contributed by atoms with van der Waals surface area (Å²) in [6.45, 7) is 5.57. The normalized spacial score (nSPS) is 11.2. The van der Waals surface area contributed by atoms with Gasteiger partial charge in [-0.3, -0.25) is 4.79 Å². The lowest BCUT2D eigenvalue weighted by molar-refractivity contribution is -0.131. The van der Waals surface area contributed by atoms with E-state index in [0.717, 1.165) is 39.3 Å². The highest BCUT2D eigenvalue weighted by Crippen LogP contribution is 2.36. The van der Waals surface area contributed by atoms with Gasteiger partial charge in [-0.15, -0.1) is 0 Å².